The van der Waals surface area contributed by atoms with E-state index in [1.54, 1.807) is 0 Å². The molecule has 22 heavy (non-hydrogen) atoms. The molecule has 3 nitrogen and oxygen atoms in total. The Hall–Kier alpha value is -0.570. The number of hydrogen-bond donors (Lipinski definition) is 1. The summed E-state index contributed by atoms with van der Waals surface area (Å²) in [6.07, 6.45) is 5.33. The number of carbonyl (C=O) groups excluding carboxylic acids is 1. The van der Waals surface area contributed by atoms with Crippen LogP contribution in [0.2, 0.25) is 0 Å². The van der Waals surface area contributed by atoms with Gasteiger partial charge in [-0.1, -0.05) is 13.8 Å². The largest absolute Gasteiger partial charge is 0.465 e. The van der Waals surface area contributed by atoms with E-state index in [0.717, 1.165) is 60.7 Å². The highest BCUT2D eigenvalue weighted by Crippen LogP contribution is 2.71. The number of ether oxygens (including phenoxy) is 1. The summed E-state index contributed by atoms with van der Waals surface area (Å²) in [6, 6.07) is 0. The molecule has 4 rings (SSSR count). The quantitative estimate of drug-likeness (QED) is 0.482. The number of unbranched alkanes of at least 4 members (excludes halogenated alkanes) is 1. The lowest BCUT2D eigenvalue weighted by Gasteiger charge is -2.43. The van der Waals surface area contributed by atoms with E-state index in [0.29, 0.717) is 12.5 Å². The summed E-state index contributed by atoms with van der Waals surface area (Å²) >= 11 is 0. The average Bonchev–Trinajstić information content (AvgIpc) is 3.23. The Balaban J connectivity index is 1.40. The van der Waals surface area contributed by atoms with Crippen molar-refractivity contribution in [3.8, 4) is 0 Å². The molecule has 4 saturated carbocycles. The van der Waals surface area contributed by atoms with E-state index in [1.165, 1.54) is 12.8 Å². The second kappa shape index (κ2) is 5.51. The maximum Gasteiger partial charge on any atom is 0.309 e. The van der Waals surface area contributed by atoms with Crippen molar-refractivity contribution in [3.05, 3.63) is 0 Å². The SMILES string of the molecule is CC1C(C)C2CC1C1C3CC(C(=O)OCCCCO)C(C3)C21. The molecule has 0 aromatic carbocycles. The third kappa shape index (κ3) is 2.00. The van der Waals surface area contributed by atoms with Crippen LogP contribution in [-0.4, -0.2) is 24.3 Å². The Kier molecular flexibility index (Phi) is 3.75. The van der Waals surface area contributed by atoms with Crippen molar-refractivity contribution in [2.24, 2.45) is 53.3 Å². The van der Waals surface area contributed by atoms with Gasteiger partial charge in [-0.2, -0.15) is 0 Å². The zero-order chi connectivity index (χ0) is 15.4. The molecular weight excluding hydrogens is 276 g/mol. The fourth-order valence-electron chi connectivity index (χ4n) is 6.99. The van der Waals surface area contributed by atoms with E-state index in [1.807, 2.05) is 0 Å². The molecule has 0 amide bonds. The molecule has 1 N–H and O–H groups in total. The molecule has 4 aliphatic rings. The van der Waals surface area contributed by atoms with E-state index >= 15 is 0 Å². The molecular formula is C19H30O3. The van der Waals surface area contributed by atoms with Gasteiger partial charge in [-0.3, -0.25) is 4.79 Å². The van der Waals surface area contributed by atoms with Gasteiger partial charge in [0.15, 0.2) is 0 Å². The maximum atomic E-state index is 12.5. The van der Waals surface area contributed by atoms with Crippen LogP contribution in [0, 0.1) is 53.3 Å². The van der Waals surface area contributed by atoms with Gasteiger partial charge < -0.3 is 9.84 Å². The normalized spacial score (nSPS) is 51.3. The zero-order valence-electron chi connectivity index (χ0n) is 13.9. The zero-order valence-corrected chi connectivity index (χ0v) is 13.9. The second-order valence-electron chi connectivity index (χ2n) is 8.54. The van der Waals surface area contributed by atoms with Gasteiger partial charge >= 0.3 is 5.97 Å². The van der Waals surface area contributed by atoms with Crippen molar-refractivity contribution in [2.75, 3.05) is 13.2 Å². The van der Waals surface area contributed by atoms with Crippen molar-refractivity contribution in [3.63, 3.8) is 0 Å². The summed E-state index contributed by atoms with van der Waals surface area (Å²) in [5.74, 6) is 6.99. The third-order valence-electron chi connectivity index (χ3n) is 7.94. The van der Waals surface area contributed by atoms with Crippen LogP contribution in [0.15, 0.2) is 0 Å². The first-order valence-corrected chi connectivity index (χ1v) is 9.41. The predicted molar refractivity (Wildman–Crippen MR) is 83.9 cm³/mol. The fraction of sp³-hybridized carbons (Fsp3) is 0.947. The van der Waals surface area contributed by atoms with Gasteiger partial charge in [-0.25, -0.2) is 0 Å². The third-order valence-corrected chi connectivity index (χ3v) is 7.94. The number of rotatable bonds is 5. The first kappa shape index (κ1) is 15.0. The topological polar surface area (TPSA) is 46.5 Å². The molecule has 4 bridgehead atoms. The Morgan fingerprint density at radius 2 is 1.73 bits per heavy atom. The Bertz CT molecular complexity index is 448. The van der Waals surface area contributed by atoms with Gasteiger partial charge in [-0.05, 0) is 79.4 Å². The van der Waals surface area contributed by atoms with Crippen molar-refractivity contribution in [2.45, 2.75) is 46.0 Å². The van der Waals surface area contributed by atoms with Crippen molar-refractivity contribution in [1.29, 1.82) is 0 Å². The standard InChI is InChI=1S/C19H30O3/c1-10-11(2)14-9-13(10)17-12-7-15(18(14)17)16(8-12)19(21)22-6-4-3-5-20/h10-18,20H,3-9H2,1-2H3. The lowest BCUT2D eigenvalue weighted by atomic mass is 9.62. The Labute approximate surface area is 133 Å². The minimum absolute atomic E-state index is 0.0624. The number of carbonyl (C=O) groups is 1. The number of aliphatic hydroxyl groups is 1. The highest BCUT2D eigenvalue weighted by atomic mass is 16.5. The van der Waals surface area contributed by atoms with Crippen LogP contribution in [0.4, 0.5) is 0 Å². The lowest BCUT2D eigenvalue weighted by Crippen LogP contribution is -2.40. The molecule has 0 heterocycles. The van der Waals surface area contributed by atoms with Crippen molar-refractivity contribution in [1.82, 2.24) is 0 Å². The predicted octanol–water partition coefficient (Wildman–Crippen LogP) is 3.11. The maximum absolute atomic E-state index is 12.5. The molecule has 0 saturated heterocycles. The van der Waals surface area contributed by atoms with E-state index in [9.17, 15) is 4.79 Å². The minimum atomic E-state index is 0.0624. The summed E-state index contributed by atoms with van der Waals surface area (Å²) < 4.78 is 5.51. The van der Waals surface area contributed by atoms with Crippen LogP contribution in [0.1, 0.15) is 46.0 Å². The van der Waals surface area contributed by atoms with Crippen LogP contribution < -0.4 is 0 Å². The van der Waals surface area contributed by atoms with Crippen molar-refractivity contribution < 1.29 is 14.6 Å². The molecule has 3 heteroatoms. The van der Waals surface area contributed by atoms with Crippen molar-refractivity contribution >= 4 is 5.97 Å². The van der Waals surface area contributed by atoms with Gasteiger partial charge in [0.1, 0.15) is 0 Å². The van der Waals surface area contributed by atoms with Crippen LogP contribution >= 0.6 is 0 Å². The van der Waals surface area contributed by atoms with Gasteiger partial charge in [0.25, 0.3) is 0 Å². The Morgan fingerprint density at radius 1 is 1.00 bits per heavy atom. The van der Waals surface area contributed by atoms with Gasteiger partial charge in [0, 0.05) is 6.61 Å². The summed E-state index contributed by atoms with van der Waals surface area (Å²) in [6.45, 7) is 5.58. The summed E-state index contributed by atoms with van der Waals surface area (Å²) in [5, 5.41) is 8.80. The van der Waals surface area contributed by atoms with E-state index < -0.39 is 0 Å². The number of aliphatic hydroxyl groups excluding tert-OH is 1. The van der Waals surface area contributed by atoms with Gasteiger partial charge in [0.2, 0.25) is 0 Å². The highest BCUT2D eigenvalue weighted by molar-refractivity contribution is 5.73. The van der Waals surface area contributed by atoms with Crippen LogP contribution in [0.25, 0.3) is 0 Å². The molecule has 0 aromatic rings. The van der Waals surface area contributed by atoms with Gasteiger partial charge in [0.05, 0.1) is 12.5 Å². The number of fused-ring (bicyclic) bond motifs is 9. The molecule has 124 valence electrons. The number of esters is 1. The Morgan fingerprint density at radius 3 is 2.45 bits per heavy atom. The van der Waals surface area contributed by atoms with E-state index in [-0.39, 0.29) is 18.5 Å². The highest BCUT2D eigenvalue weighted by Gasteiger charge is 2.66. The van der Waals surface area contributed by atoms with Crippen LogP contribution in [0.3, 0.4) is 0 Å². The average molecular weight is 306 g/mol. The summed E-state index contributed by atoms with van der Waals surface area (Å²) in [4.78, 5) is 12.5. The first-order chi connectivity index (χ1) is 10.6. The van der Waals surface area contributed by atoms with Crippen LogP contribution in [0.5, 0.6) is 0 Å². The van der Waals surface area contributed by atoms with E-state index in [4.69, 9.17) is 9.84 Å². The minimum Gasteiger partial charge on any atom is -0.465 e. The molecule has 0 aromatic heterocycles. The molecule has 0 radical (unpaired) electrons. The van der Waals surface area contributed by atoms with Crippen LogP contribution in [-0.2, 0) is 9.53 Å². The molecule has 4 fully saturated rings. The lowest BCUT2D eigenvalue weighted by molar-refractivity contribution is -0.152. The summed E-state index contributed by atoms with van der Waals surface area (Å²) in [7, 11) is 0. The number of hydrogen-bond acceptors (Lipinski definition) is 3. The first-order valence-electron chi connectivity index (χ1n) is 9.41. The van der Waals surface area contributed by atoms with Gasteiger partial charge in [-0.15, -0.1) is 0 Å². The van der Waals surface area contributed by atoms with E-state index in [2.05, 4.69) is 13.8 Å². The molecule has 0 spiro atoms. The monoisotopic (exact) mass is 306 g/mol. The molecule has 9 atom stereocenters. The smallest absolute Gasteiger partial charge is 0.309 e. The fourth-order valence-corrected chi connectivity index (χ4v) is 6.99. The molecule has 9 unspecified atom stereocenters. The molecule has 0 aliphatic heterocycles. The second-order valence-corrected chi connectivity index (χ2v) is 8.54. The summed E-state index contributed by atoms with van der Waals surface area (Å²) in [5.41, 5.74) is 0. The molecule has 4 aliphatic carbocycles.